The molecule has 0 radical (unpaired) electrons. The summed E-state index contributed by atoms with van der Waals surface area (Å²) >= 11 is 0. The van der Waals surface area contributed by atoms with Crippen LogP contribution in [0, 0.1) is 0 Å². The minimum Gasteiger partial charge on any atom is -0.347 e. The average Bonchev–Trinajstić information content (AvgIpc) is 1.87. The molecule has 0 saturated heterocycles. The molecule has 2 heteroatoms. The van der Waals surface area contributed by atoms with Gasteiger partial charge >= 0.3 is 0 Å². The lowest BCUT2D eigenvalue weighted by molar-refractivity contribution is -0.118. The Kier molecular flexibility index (Phi) is 3.30. The summed E-state index contributed by atoms with van der Waals surface area (Å²) in [6, 6.07) is 0. The van der Waals surface area contributed by atoms with Crippen LogP contribution in [0.1, 0.15) is 34.1 Å². The van der Waals surface area contributed by atoms with Gasteiger partial charge in [-0.05, 0) is 27.2 Å². The number of carbonyl (C=O) groups excluding carboxylic acids is 1. The number of rotatable bonds is 3. The minimum atomic E-state index is -0.115. The topological polar surface area (TPSA) is 29.1 Å². The first-order valence-electron chi connectivity index (χ1n) is 3.87. The summed E-state index contributed by atoms with van der Waals surface area (Å²) in [6.07, 6.45) is 0.923. The van der Waals surface area contributed by atoms with Gasteiger partial charge in [-0.15, -0.1) is 0 Å². The van der Waals surface area contributed by atoms with Gasteiger partial charge in [0.2, 0.25) is 5.91 Å². The molecule has 1 amide bonds. The van der Waals surface area contributed by atoms with Crippen molar-refractivity contribution in [3.63, 3.8) is 0 Å². The molecule has 1 N–H and O–H groups in total. The van der Waals surface area contributed by atoms with Gasteiger partial charge in [-0.3, -0.25) is 4.79 Å². The second kappa shape index (κ2) is 3.56. The third-order valence-electron chi connectivity index (χ3n) is 1.72. The van der Waals surface area contributed by atoms with Crippen molar-refractivity contribution in [2.75, 3.05) is 0 Å². The zero-order chi connectivity index (χ0) is 9.07. The Bertz CT molecular complexity index is 170. The molecular weight excluding hydrogens is 138 g/mol. The summed E-state index contributed by atoms with van der Waals surface area (Å²) in [5.41, 5.74) is 0.447. The molecule has 11 heavy (non-hydrogen) atoms. The predicted molar refractivity (Wildman–Crippen MR) is 47.3 cm³/mol. The molecule has 0 fully saturated rings. The summed E-state index contributed by atoms with van der Waals surface area (Å²) in [6.45, 7) is 11.3. The first-order valence-corrected chi connectivity index (χ1v) is 3.87. The van der Waals surface area contributed by atoms with Gasteiger partial charge in [0.05, 0.1) is 0 Å². The Hall–Kier alpha value is -0.790. The van der Waals surface area contributed by atoms with Gasteiger partial charge in [-0.2, -0.15) is 0 Å². The standard InChI is InChI=1S/C9H17NO/c1-6-9(4,5)10-8(11)7(2)3/h2,6H2,1,3-5H3,(H,10,11). The third kappa shape index (κ3) is 3.81. The second-order valence-corrected chi connectivity index (χ2v) is 3.47. The van der Waals surface area contributed by atoms with Crippen LogP contribution in [0.25, 0.3) is 0 Å². The zero-order valence-corrected chi connectivity index (χ0v) is 7.82. The molecule has 0 aromatic heterocycles. The third-order valence-corrected chi connectivity index (χ3v) is 1.72. The fourth-order valence-corrected chi connectivity index (χ4v) is 0.502. The molecule has 0 aromatic carbocycles. The summed E-state index contributed by atoms with van der Waals surface area (Å²) < 4.78 is 0. The maximum absolute atomic E-state index is 11.1. The first-order chi connectivity index (χ1) is 4.89. The monoisotopic (exact) mass is 155 g/mol. The van der Waals surface area contributed by atoms with Crippen molar-refractivity contribution in [1.29, 1.82) is 0 Å². The first kappa shape index (κ1) is 10.2. The Morgan fingerprint density at radius 2 is 2.00 bits per heavy atom. The molecule has 0 heterocycles. The second-order valence-electron chi connectivity index (χ2n) is 3.47. The van der Waals surface area contributed by atoms with E-state index in [-0.39, 0.29) is 11.4 Å². The van der Waals surface area contributed by atoms with Gasteiger partial charge in [-0.1, -0.05) is 13.5 Å². The summed E-state index contributed by atoms with van der Waals surface area (Å²) in [5, 5.41) is 2.87. The SMILES string of the molecule is C=C(C)C(=O)NC(C)(C)CC. The molecule has 2 nitrogen and oxygen atoms in total. The molecule has 0 unspecified atom stereocenters. The maximum atomic E-state index is 11.1. The van der Waals surface area contributed by atoms with Crippen molar-refractivity contribution in [3.05, 3.63) is 12.2 Å². The highest BCUT2D eigenvalue weighted by atomic mass is 16.1. The number of hydrogen-bond acceptors (Lipinski definition) is 1. The summed E-state index contributed by atoms with van der Waals surface area (Å²) in [5.74, 6) is -0.0585. The molecule has 0 aliphatic carbocycles. The summed E-state index contributed by atoms with van der Waals surface area (Å²) in [4.78, 5) is 11.1. The lowest BCUT2D eigenvalue weighted by atomic mass is 10.0. The highest BCUT2D eigenvalue weighted by Crippen LogP contribution is 2.07. The smallest absolute Gasteiger partial charge is 0.246 e. The Balaban J connectivity index is 4.04. The van der Waals surface area contributed by atoms with E-state index in [1.54, 1.807) is 6.92 Å². The number of hydrogen-bond donors (Lipinski definition) is 1. The fourth-order valence-electron chi connectivity index (χ4n) is 0.502. The number of nitrogens with one attached hydrogen (secondary N) is 1. The van der Waals surface area contributed by atoms with Crippen LogP contribution in [0.5, 0.6) is 0 Å². The van der Waals surface area contributed by atoms with Gasteiger partial charge in [0.1, 0.15) is 0 Å². The zero-order valence-electron chi connectivity index (χ0n) is 7.82. The van der Waals surface area contributed by atoms with E-state index < -0.39 is 0 Å². The molecule has 0 atom stereocenters. The highest BCUT2D eigenvalue weighted by molar-refractivity contribution is 5.92. The van der Waals surface area contributed by atoms with Crippen LogP contribution in [0.4, 0.5) is 0 Å². The lowest BCUT2D eigenvalue weighted by Gasteiger charge is -2.24. The van der Waals surface area contributed by atoms with E-state index in [9.17, 15) is 4.79 Å². The van der Waals surface area contributed by atoms with Gasteiger partial charge in [0, 0.05) is 11.1 Å². The Morgan fingerprint density at radius 3 is 2.27 bits per heavy atom. The van der Waals surface area contributed by atoms with Crippen molar-refractivity contribution < 1.29 is 4.79 Å². The lowest BCUT2D eigenvalue weighted by Crippen LogP contribution is -2.42. The highest BCUT2D eigenvalue weighted by Gasteiger charge is 2.17. The molecule has 64 valence electrons. The van der Waals surface area contributed by atoms with Crippen LogP contribution < -0.4 is 5.32 Å². The Morgan fingerprint density at radius 1 is 1.55 bits per heavy atom. The molecule has 0 aliphatic rings. The van der Waals surface area contributed by atoms with Crippen molar-refractivity contribution in [1.82, 2.24) is 5.32 Å². The molecule has 0 rings (SSSR count). The molecule has 0 spiro atoms. The fraction of sp³-hybridized carbons (Fsp3) is 0.667. The van der Waals surface area contributed by atoms with Gasteiger partial charge in [0.15, 0.2) is 0 Å². The Labute approximate surface area is 68.7 Å². The van der Waals surface area contributed by atoms with E-state index >= 15 is 0 Å². The van der Waals surface area contributed by atoms with Crippen molar-refractivity contribution in [2.24, 2.45) is 0 Å². The van der Waals surface area contributed by atoms with Crippen LogP contribution in [0.15, 0.2) is 12.2 Å². The van der Waals surface area contributed by atoms with E-state index in [1.807, 2.05) is 20.8 Å². The van der Waals surface area contributed by atoms with E-state index in [2.05, 4.69) is 11.9 Å². The molecular formula is C9H17NO. The van der Waals surface area contributed by atoms with Crippen LogP contribution in [-0.4, -0.2) is 11.4 Å². The predicted octanol–water partition coefficient (Wildman–Crippen LogP) is 1.87. The molecule has 0 saturated carbocycles. The van der Waals surface area contributed by atoms with Gasteiger partial charge in [-0.25, -0.2) is 0 Å². The van der Waals surface area contributed by atoms with Gasteiger partial charge < -0.3 is 5.32 Å². The molecule has 0 bridgehead atoms. The largest absolute Gasteiger partial charge is 0.347 e. The molecule has 0 aliphatic heterocycles. The van der Waals surface area contributed by atoms with Crippen molar-refractivity contribution >= 4 is 5.91 Å². The van der Waals surface area contributed by atoms with Gasteiger partial charge in [0.25, 0.3) is 0 Å². The van der Waals surface area contributed by atoms with E-state index in [4.69, 9.17) is 0 Å². The van der Waals surface area contributed by atoms with Crippen LogP contribution in [-0.2, 0) is 4.79 Å². The van der Waals surface area contributed by atoms with Crippen LogP contribution in [0.2, 0.25) is 0 Å². The normalized spacial score (nSPS) is 10.9. The van der Waals surface area contributed by atoms with E-state index in [0.717, 1.165) is 6.42 Å². The quantitative estimate of drug-likeness (QED) is 0.619. The average molecular weight is 155 g/mol. The van der Waals surface area contributed by atoms with Crippen molar-refractivity contribution in [3.8, 4) is 0 Å². The van der Waals surface area contributed by atoms with E-state index in [1.165, 1.54) is 0 Å². The maximum Gasteiger partial charge on any atom is 0.246 e. The minimum absolute atomic E-state index is 0.0585. The number of amides is 1. The van der Waals surface area contributed by atoms with E-state index in [0.29, 0.717) is 5.57 Å². The summed E-state index contributed by atoms with van der Waals surface area (Å²) in [7, 11) is 0. The van der Waals surface area contributed by atoms with Crippen molar-refractivity contribution in [2.45, 2.75) is 39.7 Å². The number of carbonyl (C=O) groups is 1. The molecule has 0 aromatic rings. The van der Waals surface area contributed by atoms with Crippen LogP contribution >= 0.6 is 0 Å². The van der Waals surface area contributed by atoms with Crippen LogP contribution in [0.3, 0.4) is 0 Å².